The Morgan fingerprint density at radius 1 is 1.25 bits per heavy atom. The fraction of sp³-hybridized carbons (Fsp3) is 0.579. The Morgan fingerprint density at radius 3 is 2.68 bits per heavy atom. The van der Waals surface area contributed by atoms with E-state index in [0.29, 0.717) is 31.3 Å². The minimum atomic E-state index is -0.467. The molecule has 3 rings (SSSR count). The van der Waals surface area contributed by atoms with Crippen LogP contribution < -0.4 is 10.1 Å². The maximum Gasteiger partial charge on any atom is 0.410 e. The molecule has 3 heterocycles. The van der Waals surface area contributed by atoms with Crippen molar-refractivity contribution in [2.24, 2.45) is 0 Å². The molecule has 0 unspecified atom stereocenters. The smallest absolute Gasteiger partial charge is 0.410 e. The number of amides is 1. The lowest BCUT2D eigenvalue weighted by Crippen LogP contribution is -2.42. The number of aromatic nitrogens is 4. The van der Waals surface area contributed by atoms with Crippen LogP contribution in [0.25, 0.3) is 0 Å². The molecule has 1 fully saturated rings. The fourth-order valence-electron chi connectivity index (χ4n) is 3.03. The van der Waals surface area contributed by atoms with E-state index in [1.807, 2.05) is 37.8 Å². The first kappa shape index (κ1) is 19.9. The van der Waals surface area contributed by atoms with E-state index in [0.717, 1.165) is 18.4 Å². The molecule has 0 aromatic carbocycles. The summed E-state index contributed by atoms with van der Waals surface area (Å²) in [5.41, 5.74) is 0.588. The van der Waals surface area contributed by atoms with Crippen molar-refractivity contribution in [1.29, 1.82) is 0 Å². The predicted molar refractivity (Wildman–Crippen MR) is 104 cm³/mol. The summed E-state index contributed by atoms with van der Waals surface area (Å²) in [5, 5.41) is 7.72. The van der Waals surface area contributed by atoms with E-state index < -0.39 is 5.60 Å². The molecule has 0 spiro atoms. The molecular formula is C19H28N6O3. The van der Waals surface area contributed by atoms with Gasteiger partial charge in [0, 0.05) is 31.4 Å². The van der Waals surface area contributed by atoms with E-state index in [2.05, 4.69) is 20.4 Å². The Labute approximate surface area is 165 Å². The maximum absolute atomic E-state index is 12.2. The van der Waals surface area contributed by atoms with Crippen LogP contribution in [0.4, 0.5) is 10.6 Å². The third-order valence-corrected chi connectivity index (χ3v) is 4.44. The maximum atomic E-state index is 12.2. The summed E-state index contributed by atoms with van der Waals surface area (Å²) in [6.45, 7) is 7.59. The van der Waals surface area contributed by atoms with Gasteiger partial charge in [0.05, 0.1) is 31.7 Å². The summed E-state index contributed by atoms with van der Waals surface area (Å²) in [5.74, 6) is 1.12. The zero-order valence-corrected chi connectivity index (χ0v) is 16.9. The van der Waals surface area contributed by atoms with E-state index >= 15 is 0 Å². The Hall–Kier alpha value is -2.84. The van der Waals surface area contributed by atoms with Crippen molar-refractivity contribution in [3.8, 4) is 5.88 Å². The molecular weight excluding hydrogens is 360 g/mol. The summed E-state index contributed by atoms with van der Waals surface area (Å²) in [6, 6.07) is 0.282. The van der Waals surface area contributed by atoms with Gasteiger partial charge < -0.3 is 19.7 Å². The van der Waals surface area contributed by atoms with Gasteiger partial charge in [-0.15, -0.1) is 0 Å². The van der Waals surface area contributed by atoms with Crippen LogP contribution in [0.2, 0.25) is 0 Å². The van der Waals surface area contributed by atoms with Gasteiger partial charge >= 0.3 is 6.09 Å². The highest BCUT2D eigenvalue weighted by Crippen LogP contribution is 2.23. The molecule has 9 nitrogen and oxygen atoms in total. The number of piperidine rings is 1. The summed E-state index contributed by atoms with van der Waals surface area (Å²) in [7, 11) is 1.56. The number of rotatable bonds is 5. The van der Waals surface area contributed by atoms with Gasteiger partial charge in [-0.3, -0.25) is 9.67 Å². The molecule has 152 valence electrons. The zero-order valence-electron chi connectivity index (χ0n) is 16.9. The highest BCUT2D eigenvalue weighted by atomic mass is 16.6. The molecule has 1 saturated heterocycles. The summed E-state index contributed by atoms with van der Waals surface area (Å²) < 4.78 is 12.5. The average molecular weight is 388 g/mol. The van der Waals surface area contributed by atoms with Crippen molar-refractivity contribution < 1.29 is 14.3 Å². The lowest BCUT2D eigenvalue weighted by Gasteiger charge is -2.33. The van der Waals surface area contributed by atoms with Crippen molar-refractivity contribution in [2.45, 2.75) is 51.8 Å². The van der Waals surface area contributed by atoms with Crippen LogP contribution in [-0.4, -0.2) is 56.5 Å². The summed E-state index contributed by atoms with van der Waals surface area (Å²) in [6.07, 6.45) is 8.57. The Balaban J connectivity index is 1.50. The van der Waals surface area contributed by atoms with Crippen LogP contribution in [0.15, 0.2) is 24.8 Å². The second-order valence-corrected chi connectivity index (χ2v) is 7.83. The van der Waals surface area contributed by atoms with Gasteiger partial charge in [-0.05, 0) is 33.6 Å². The molecule has 1 amide bonds. The van der Waals surface area contributed by atoms with Crippen molar-refractivity contribution in [1.82, 2.24) is 24.6 Å². The first-order valence-corrected chi connectivity index (χ1v) is 9.45. The number of nitrogens with zero attached hydrogens (tertiary/aromatic N) is 5. The van der Waals surface area contributed by atoms with Crippen molar-refractivity contribution >= 4 is 11.9 Å². The molecule has 1 aliphatic heterocycles. The molecule has 9 heteroatoms. The average Bonchev–Trinajstić information content (AvgIpc) is 3.14. The van der Waals surface area contributed by atoms with Gasteiger partial charge in [0.15, 0.2) is 0 Å². The third-order valence-electron chi connectivity index (χ3n) is 4.44. The van der Waals surface area contributed by atoms with Crippen LogP contribution in [0.5, 0.6) is 5.88 Å². The first-order chi connectivity index (χ1) is 13.3. The fourth-order valence-corrected chi connectivity index (χ4v) is 3.03. The molecule has 2 aromatic heterocycles. The third kappa shape index (κ3) is 5.34. The largest absolute Gasteiger partial charge is 0.480 e. The van der Waals surface area contributed by atoms with Crippen LogP contribution in [0.3, 0.4) is 0 Å². The molecule has 1 aliphatic rings. The Kier molecular flexibility index (Phi) is 6.01. The number of hydrogen-bond acceptors (Lipinski definition) is 7. The minimum Gasteiger partial charge on any atom is -0.480 e. The van der Waals surface area contributed by atoms with Crippen molar-refractivity contribution in [3.05, 3.63) is 30.4 Å². The van der Waals surface area contributed by atoms with Gasteiger partial charge in [0.2, 0.25) is 5.88 Å². The minimum absolute atomic E-state index is 0.240. The number of methoxy groups -OCH3 is 1. The molecule has 28 heavy (non-hydrogen) atoms. The molecule has 0 radical (unpaired) electrons. The number of hydrogen-bond donors (Lipinski definition) is 1. The summed E-state index contributed by atoms with van der Waals surface area (Å²) >= 11 is 0. The second kappa shape index (κ2) is 8.45. The SMILES string of the molecule is COc1cncc(NCc2cnn(C3CCN(C(=O)OC(C)(C)C)CC3)c2)n1. The van der Waals surface area contributed by atoms with E-state index in [4.69, 9.17) is 9.47 Å². The van der Waals surface area contributed by atoms with Crippen molar-refractivity contribution in [2.75, 3.05) is 25.5 Å². The van der Waals surface area contributed by atoms with Gasteiger partial charge in [-0.1, -0.05) is 0 Å². The van der Waals surface area contributed by atoms with Gasteiger partial charge in [-0.2, -0.15) is 10.1 Å². The number of nitrogens with one attached hydrogen (secondary N) is 1. The highest BCUT2D eigenvalue weighted by Gasteiger charge is 2.27. The standard InChI is InChI=1S/C19H28N6O3/c1-19(2,3)28-18(26)24-7-5-15(6-8-24)25-13-14(10-22-25)9-21-16-11-20-12-17(23-16)27-4/h10-13,15H,5-9H2,1-4H3,(H,21,23). The van der Waals surface area contributed by atoms with Crippen LogP contribution in [-0.2, 0) is 11.3 Å². The van der Waals surface area contributed by atoms with Crippen LogP contribution in [0, 0.1) is 0 Å². The Morgan fingerprint density at radius 2 is 2.00 bits per heavy atom. The van der Waals surface area contributed by atoms with E-state index in [1.165, 1.54) is 0 Å². The summed E-state index contributed by atoms with van der Waals surface area (Å²) in [4.78, 5) is 22.3. The molecule has 0 saturated carbocycles. The molecule has 0 atom stereocenters. The Bertz CT molecular complexity index is 793. The lowest BCUT2D eigenvalue weighted by molar-refractivity contribution is 0.0185. The quantitative estimate of drug-likeness (QED) is 0.841. The zero-order chi connectivity index (χ0) is 20.1. The van der Waals surface area contributed by atoms with E-state index in [9.17, 15) is 4.79 Å². The van der Waals surface area contributed by atoms with E-state index in [1.54, 1.807) is 24.4 Å². The number of likely N-dealkylation sites (tertiary alicyclic amines) is 1. The van der Waals surface area contributed by atoms with E-state index in [-0.39, 0.29) is 12.1 Å². The number of anilines is 1. The number of carbonyl (C=O) groups excluding carboxylic acids is 1. The van der Waals surface area contributed by atoms with Gasteiger partial charge in [-0.25, -0.2) is 4.79 Å². The van der Waals surface area contributed by atoms with Crippen LogP contribution in [0.1, 0.15) is 45.2 Å². The highest BCUT2D eigenvalue weighted by molar-refractivity contribution is 5.68. The molecule has 2 aromatic rings. The van der Waals surface area contributed by atoms with Gasteiger partial charge in [0.25, 0.3) is 0 Å². The normalized spacial score (nSPS) is 15.4. The second-order valence-electron chi connectivity index (χ2n) is 7.83. The van der Waals surface area contributed by atoms with Crippen molar-refractivity contribution in [3.63, 3.8) is 0 Å². The predicted octanol–water partition coefficient (Wildman–Crippen LogP) is 2.87. The first-order valence-electron chi connectivity index (χ1n) is 9.45. The lowest BCUT2D eigenvalue weighted by atomic mass is 10.1. The topological polar surface area (TPSA) is 94.4 Å². The molecule has 0 bridgehead atoms. The molecule has 0 aliphatic carbocycles. The molecule has 1 N–H and O–H groups in total. The number of carbonyl (C=O) groups is 1. The van der Waals surface area contributed by atoms with Gasteiger partial charge in [0.1, 0.15) is 11.4 Å². The van der Waals surface area contributed by atoms with Crippen LogP contribution >= 0.6 is 0 Å². The number of ether oxygens (including phenoxy) is 2. The monoisotopic (exact) mass is 388 g/mol.